The summed E-state index contributed by atoms with van der Waals surface area (Å²) in [4.78, 5) is 14.1. The third-order valence-corrected chi connectivity index (χ3v) is 4.45. The van der Waals surface area contributed by atoms with Crippen molar-refractivity contribution >= 4 is 6.09 Å². The fraction of sp³-hybridized carbons (Fsp3) is 0.409. The summed E-state index contributed by atoms with van der Waals surface area (Å²) < 4.78 is 5.50. The van der Waals surface area contributed by atoms with Gasteiger partial charge in [0.2, 0.25) is 0 Å². The number of hydrogen-bond donors (Lipinski definition) is 1. The zero-order valence-corrected chi connectivity index (χ0v) is 15.9. The number of nitrogens with zero attached hydrogens (tertiary/aromatic N) is 1. The Labute approximate surface area is 156 Å². The second-order valence-electron chi connectivity index (χ2n) is 7.84. The summed E-state index contributed by atoms with van der Waals surface area (Å²) >= 11 is 0. The Bertz CT molecular complexity index is 720. The van der Waals surface area contributed by atoms with Crippen molar-refractivity contribution in [1.29, 1.82) is 0 Å². The molecule has 4 heteroatoms. The van der Waals surface area contributed by atoms with Crippen LogP contribution in [0.4, 0.5) is 4.79 Å². The molecule has 0 saturated carbocycles. The van der Waals surface area contributed by atoms with Gasteiger partial charge in [-0.1, -0.05) is 54.6 Å². The summed E-state index contributed by atoms with van der Waals surface area (Å²) in [6.45, 7) is 7.87. The van der Waals surface area contributed by atoms with Gasteiger partial charge < -0.3 is 15.0 Å². The lowest BCUT2D eigenvalue weighted by Gasteiger charge is -2.35. The van der Waals surface area contributed by atoms with Gasteiger partial charge in [0.05, 0.1) is 0 Å². The largest absolute Gasteiger partial charge is 0.444 e. The van der Waals surface area contributed by atoms with Gasteiger partial charge in [-0.05, 0) is 43.9 Å². The molecule has 1 atom stereocenters. The van der Waals surface area contributed by atoms with Crippen molar-refractivity contribution in [2.75, 3.05) is 19.6 Å². The summed E-state index contributed by atoms with van der Waals surface area (Å²) in [6.07, 6.45) is 0.678. The molecular weight excluding hydrogens is 324 g/mol. The zero-order valence-electron chi connectivity index (χ0n) is 15.9. The van der Waals surface area contributed by atoms with Gasteiger partial charge in [0.1, 0.15) is 5.60 Å². The molecule has 0 unspecified atom stereocenters. The second kappa shape index (κ2) is 7.92. The van der Waals surface area contributed by atoms with Crippen molar-refractivity contribution in [3.8, 4) is 11.1 Å². The van der Waals surface area contributed by atoms with E-state index in [0.717, 1.165) is 13.0 Å². The molecule has 0 radical (unpaired) electrons. The van der Waals surface area contributed by atoms with Gasteiger partial charge in [-0.15, -0.1) is 0 Å². The monoisotopic (exact) mass is 352 g/mol. The van der Waals surface area contributed by atoms with Gasteiger partial charge in [-0.25, -0.2) is 4.79 Å². The summed E-state index contributed by atoms with van der Waals surface area (Å²) in [5.41, 5.74) is 3.27. The number of piperazine rings is 1. The van der Waals surface area contributed by atoms with Crippen LogP contribution in [0.2, 0.25) is 0 Å². The molecular formula is C22H28N2O2. The summed E-state index contributed by atoms with van der Waals surface area (Å²) in [6, 6.07) is 19.3. The van der Waals surface area contributed by atoms with Crippen LogP contribution in [0.3, 0.4) is 0 Å². The zero-order chi connectivity index (χ0) is 18.6. The average molecular weight is 352 g/mol. The van der Waals surface area contributed by atoms with Crippen molar-refractivity contribution in [1.82, 2.24) is 10.2 Å². The van der Waals surface area contributed by atoms with Crippen LogP contribution in [-0.4, -0.2) is 42.3 Å². The van der Waals surface area contributed by atoms with Crippen LogP contribution in [-0.2, 0) is 11.2 Å². The normalized spacial score (nSPS) is 17.8. The van der Waals surface area contributed by atoms with E-state index >= 15 is 0 Å². The Morgan fingerprint density at radius 1 is 1.08 bits per heavy atom. The van der Waals surface area contributed by atoms with E-state index in [4.69, 9.17) is 4.74 Å². The van der Waals surface area contributed by atoms with Gasteiger partial charge in [0, 0.05) is 25.7 Å². The Morgan fingerprint density at radius 2 is 1.73 bits per heavy atom. The molecule has 1 fully saturated rings. The summed E-state index contributed by atoms with van der Waals surface area (Å²) in [5.74, 6) is 0. The van der Waals surface area contributed by atoms with Crippen LogP contribution in [0, 0.1) is 0 Å². The maximum Gasteiger partial charge on any atom is 0.410 e. The predicted molar refractivity (Wildman–Crippen MR) is 105 cm³/mol. The van der Waals surface area contributed by atoms with Crippen LogP contribution < -0.4 is 5.32 Å². The fourth-order valence-electron chi connectivity index (χ4n) is 3.20. The minimum absolute atomic E-state index is 0.219. The standard InChI is InChI=1S/C22H28N2O2/c1-22(2,3)26-21(25)24-14-13-23-20(16-24)15-17-9-11-19(12-10-17)18-7-5-4-6-8-18/h4-12,20,23H,13-16H2,1-3H3/t20-/m0/s1. The molecule has 2 aromatic carbocycles. The highest BCUT2D eigenvalue weighted by Gasteiger charge is 2.27. The van der Waals surface area contributed by atoms with Crippen LogP contribution >= 0.6 is 0 Å². The Hall–Kier alpha value is -2.33. The van der Waals surface area contributed by atoms with Gasteiger partial charge in [-0.2, -0.15) is 0 Å². The first-order valence-corrected chi connectivity index (χ1v) is 9.26. The molecule has 26 heavy (non-hydrogen) atoms. The van der Waals surface area contributed by atoms with E-state index in [0.29, 0.717) is 13.1 Å². The Balaban J connectivity index is 1.59. The van der Waals surface area contributed by atoms with Gasteiger partial charge in [0.25, 0.3) is 0 Å². The molecule has 3 rings (SSSR count). The van der Waals surface area contributed by atoms with Crippen molar-refractivity contribution in [2.24, 2.45) is 0 Å². The molecule has 0 spiro atoms. The molecule has 1 saturated heterocycles. The van der Waals surface area contributed by atoms with E-state index in [1.165, 1.54) is 16.7 Å². The highest BCUT2D eigenvalue weighted by atomic mass is 16.6. The molecule has 4 nitrogen and oxygen atoms in total. The quantitative estimate of drug-likeness (QED) is 0.904. The number of nitrogens with one attached hydrogen (secondary N) is 1. The lowest BCUT2D eigenvalue weighted by molar-refractivity contribution is 0.0195. The van der Waals surface area contributed by atoms with Gasteiger partial charge in [0.15, 0.2) is 0 Å². The smallest absolute Gasteiger partial charge is 0.410 e. The maximum absolute atomic E-state index is 12.3. The maximum atomic E-state index is 12.3. The third kappa shape index (κ3) is 5.09. The van der Waals surface area contributed by atoms with Crippen molar-refractivity contribution in [2.45, 2.75) is 38.8 Å². The number of ether oxygens (including phenoxy) is 1. The molecule has 1 aliphatic rings. The molecule has 138 valence electrons. The van der Waals surface area contributed by atoms with Gasteiger partial charge in [-0.3, -0.25) is 0 Å². The third-order valence-electron chi connectivity index (χ3n) is 4.45. The summed E-state index contributed by atoms with van der Waals surface area (Å²) in [7, 11) is 0. The number of hydrogen-bond acceptors (Lipinski definition) is 3. The van der Waals surface area contributed by atoms with E-state index < -0.39 is 5.60 Å². The highest BCUT2D eigenvalue weighted by molar-refractivity contribution is 5.68. The highest BCUT2D eigenvalue weighted by Crippen LogP contribution is 2.20. The SMILES string of the molecule is CC(C)(C)OC(=O)N1CCN[C@@H](Cc2ccc(-c3ccccc3)cc2)C1. The first kappa shape index (κ1) is 18.5. The molecule has 1 N–H and O–H groups in total. The molecule has 1 amide bonds. The first-order valence-electron chi connectivity index (χ1n) is 9.26. The summed E-state index contributed by atoms with van der Waals surface area (Å²) in [5, 5.41) is 3.51. The van der Waals surface area contributed by atoms with Crippen LogP contribution in [0.5, 0.6) is 0 Å². The van der Waals surface area contributed by atoms with Crippen molar-refractivity contribution < 1.29 is 9.53 Å². The Morgan fingerprint density at radius 3 is 2.38 bits per heavy atom. The number of rotatable bonds is 3. The minimum atomic E-state index is -0.454. The lowest BCUT2D eigenvalue weighted by Crippen LogP contribution is -2.54. The van der Waals surface area contributed by atoms with E-state index in [-0.39, 0.29) is 12.1 Å². The number of carbonyl (C=O) groups is 1. The average Bonchev–Trinajstić information content (AvgIpc) is 2.62. The molecule has 0 aliphatic carbocycles. The first-order chi connectivity index (χ1) is 12.4. The van der Waals surface area contributed by atoms with Crippen LogP contribution in [0.1, 0.15) is 26.3 Å². The number of benzene rings is 2. The van der Waals surface area contributed by atoms with E-state index in [2.05, 4.69) is 53.8 Å². The second-order valence-corrected chi connectivity index (χ2v) is 7.84. The molecule has 1 heterocycles. The topological polar surface area (TPSA) is 41.6 Å². The van der Waals surface area contributed by atoms with Crippen LogP contribution in [0.15, 0.2) is 54.6 Å². The van der Waals surface area contributed by atoms with E-state index in [1.54, 1.807) is 0 Å². The van der Waals surface area contributed by atoms with E-state index in [1.807, 2.05) is 31.7 Å². The number of carbonyl (C=O) groups excluding carboxylic acids is 1. The van der Waals surface area contributed by atoms with Gasteiger partial charge >= 0.3 is 6.09 Å². The lowest BCUT2D eigenvalue weighted by atomic mass is 10.00. The molecule has 1 aliphatic heterocycles. The molecule has 0 aromatic heterocycles. The predicted octanol–water partition coefficient (Wildman–Crippen LogP) is 4.11. The Kier molecular flexibility index (Phi) is 5.62. The van der Waals surface area contributed by atoms with Crippen molar-refractivity contribution in [3.05, 3.63) is 60.2 Å². The van der Waals surface area contributed by atoms with E-state index in [9.17, 15) is 4.79 Å². The van der Waals surface area contributed by atoms with Crippen LogP contribution in [0.25, 0.3) is 11.1 Å². The fourth-order valence-corrected chi connectivity index (χ4v) is 3.20. The minimum Gasteiger partial charge on any atom is -0.444 e. The van der Waals surface area contributed by atoms with Crippen molar-refractivity contribution in [3.63, 3.8) is 0 Å². The molecule has 0 bridgehead atoms. The molecule has 2 aromatic rings. The number of amides is 1.